The molecule has 0 saturated heterocycles. The van der Waals surface area contributed by atoms with Crippen molar-refractivity contribution in [2.24, 2.45) is 5.73 Å². The Morgan fingerprint density at radius 2 is 2.00 bits per heavy atom. The zero-order valence-corrected chi connectivity index (χ0v) is 12.0. The quantitative estimate of drug-likeness (QED) is 0.658. The molecule has 0 aliphatic rings. The van der Waals surface area contributed by atoms with Gasteiger partial charge in [0.1, 0.15) is 17.3 Å². The SMILES string of the molecule is Cc1ccc(C(C)C)cc1Oc1cccnc1C(=N)N. The monoisotopic (exact) mass is 269 g/mol. The molecule has 0 spiro atoms. The van der Waals surface area contributed by atoms with E-state index in [9.17, 15) is 0 Å². The molecule has 4 nitrogen and oxygen atoms in total. The van der Waals surface area contributed by atoms with Crippen molar-refractivity contribution >= 4 is 5.84 Å². The Morgan fingerprint density at radius 3 is 2.65 bits per heavy atom. The fourth-order valence-corrected chi connectivity index (χ4v) is 1.88. The van der Waals surface area contributed by atoms with Crippen molar-refractivity contribution in [2.45, 2.75) is 26.7 Å². The molecule has 20 heavy (non-hydrogen) atoms. The van der Waals surface area contributed by atoms with Gasteiger partial charge in [-0.15, -0.1) is 0 Å². The van der Waals surface area contributed by atoms with Crippen molar-refractivity contribution in [3.8, 4) is 11.5 Å². The van der Waals surface area contributed by atoms with Gasteiger partial charge >= 0.3 is 0 Å². The molecule has 1 heterocycles. The molecule has 0 saturated carbocycles. The number of nitrogens with two attached hydrogens (primary N) is 1. The van der Waals surface area contributed by atoms with E-state index < -0.39 is 0 Å². The van der Waals surface area contributed by atoms with Gasteiger partial charge in [0.2, 0.25) is 0 Å². The summed E-state index contributed by atoms with van der Waals surface area (Å²) in [5.41, 5.74) is 8.13. The van der Waals surface area contributed by atoms with Crippen LogP contribution in [0.25, 0.3) is 0 Å². The van der Waals surface area contributed by atoms with Crippen LogP contribution in [0.4, 0.5) is 0 Å². The maximum atomic E-state index is 7.54. The van der Waals surface area contributed by atoms with E-state index in [1.807, 2.05) is 19.1 Å². The van der Waals surface area contributed by atoms with Gasteiger partial charge < -0.3 is 10.5 Å². The Hall–Kier alpha value is -2.36. The zero-order valence-electron chi connectivity index (χ0n) is 12.0. The first-order valence-corrected chi connectivity index (χ1v) is 6.57. The molecule has 104 valence electrons. The van der Waals surface area contributed by atoms with Gasteiger partial charge in [-0.2, -0.15) is 0 Å². The molecule has 4 heteroatoms. The molecule has 0 atom stereocenters. The second-order valence-electron chi connectivity index (χ2n) is 5.05. The van der Waals surface area contributed by atoms with Gasteiger partial charge in [-0.1, -0.05) is 26.0 Å². The minimum Gasteiger partial charge on any atom is -0.455 e. The van der Waals surface area contributed by atoms with Crippen LogP contribution < -0.4 is 10.5 Å². The number of ether oxygens (including phenoxy) is 1. The van der Waals surface area contributed by atoms with Crippen molar-refractivity contribution in [3.05, 3.63) is 53.3 Å². The Bertz CT molecular complexity index is 635. The molecular formula is C16H19N3O. The second kappa shape index (κ2) is 5.74. The highest BCUT2D eigenvalue weighted by atomic mass is 16.5. The van der Waals surface area contributed by atoms with Crippen molar-refractivity contribution < 1.29 is 4.74 Å². The van der Waals surface area contributed by atoms with Crippen molar-refractivity contribution in [1.29, 1.82) is 5.41 Å². The summed E-state index contributed by atoms with van der Waals surface area (Å²) in [5.74, 6) is 1.60. The number of hydrogen-bond acceptors (Lipinski definition) is 3. The van der Waals surface area contributed by atoms with Crippen LogP contribution in [0.5, 0.6) is 11.5 Å². The molecule has 1 aromatic heterocycles. The Labute approximate surface area is 119 Å². The first-order chi connectivity index (χ1) is 9.49. The Balaban J connectivity index is 2.40. The van der Waals surface area contributed by atoms with E-state index in [-0.39, 0.29) is 5.84 Å². The number of aromatic nitrogens is 1. The number of amidine groups is 1. The van der Waals surface area contributed by atoms with Crippen LogP contribution in [0.3, 0.4) is 0 Å². The molecule has 3 N–H and O–H groups in total. The smallest absolute Gasteiger partial charge is 0.156 e. The second-order valence-corrected chi connectivity index (χ2v) is 5.05. The van der Waals surface area contributed by atoms with Gasteiger partial charge in [-0.3, -0.25) is 5.41 Å². The standard InChI is InChI=1S/C16H19N3O/c1-10(2)12-7-6-11(3)14(9-12)20-13-5-4-8-19-15(13)16(17)18/h4-10H,1-3H3,(H3,17,18). The van der Waals surface area contributed by atoms with Gasteiger partial charge in [0.15, 0.2) is 5.75 Å². The van der Waals surface area contributed by atoms with Crippen LogP contribution in [0.15, 0.2) is 36.5 Å². The van der Waals surface area contributed by atoms with E-state index in [2.05, 4.69) is 24.9 Å². The largest absolute Gasteiger partial charge is 0.455 e. The number of aryl methyl sites for hydroxylation is 1. The molecule has 1 aromatic carbocycles. The van der Waals surface area contributed by atoms with Gasteiger partial charge in [0.25, 0.3) is 0 Å². The number of hydrogen-bond donors (Lipinski definition) is 2. The third-order valence-corrected chi connectivity index (χ3v) is 3.12. The molecular weight excluding hydrogens is 250 g/mol. The molecule has 0 aliphatic carbocycles. The van der Waals surface area contributed by atoms with Crippen LogP contribution in [0.2, 0.25) is 0 Å². The van der Waals surface area contributed by atoms with Gasteiger partial charge in [0.05, 0.1) is 0 Å². The summed E-state index contributed by atoms with van der Waals surface area (Å²) in [6, 6.07) is 9.70. The summed E-state index contributed by atoms with van der Waals surface area (Å²) >= 11 is 0. The van der Waals surface area contributed by atoms with Crippen LogP contribution >= 0.6 is 0 Å². The topological polar surface area (TPSA) is 72.0 Å². The average Bonchev–Trinajstić information content (AvgIpc) is 2.41. The third kappa shape index (κ3) is 2.96. The molecule has 0 radical (unpaired) electrons. The Morgan fingerprint density at radius 1 is 1.25 bits per heavy atom. The lowest BCUT2D eigenvalue weighted by atomic mass is 10.0. The predicted molar refractivity (Wildman–Crippen MR) is 80.6 cm³/mol. The number of benzene rings is 1. The highest BCUT2D eigenvalue weighted by Crippen LogP contribution is 2.29. The fourth-order valence-electron chi connectivity index (χ4n) is 1.88. The molecule has 0 unspecified atom stereocenters. The molecule has 0 aliphatic heterocycles. The summed E-state index contributed by atoms with van der Waals surface area (Å²) in [4.78, 5) is 4.09. The van der Waals surface area contributed by atoms with E-state index in [1.165, 1.54) is 5.56 Å². The van der Waals surface area contributed by atoms with Crippen LogP contribution in [0, 0.1) is 12.3 Å². The summed E-state index contributed by atoms with van der Waals surface area (Å²) in [7, 11) is 0. The van der Waals surface area contributed by atoms with Gasteiger partial charge in [-0.05, 0) is 42.2 Å². The number of nitrogen functional groups attached to an aromatic ring is 1. The predicted octanol–water partition coefficient (Wildman–Crippen LogP) is 3.59. The van der Waals surface area contributed by atoms with Crippen molar-refractivity contribution in [2.75, 3.05) is 0 Å². The number of nitrogens with one attached hydrogen (secondary N) is 1. The highest BCUT2D eigenvalue weighted by Gasteiger charge is 2.11. The van der Waals surface area contributed by atoms with Crippen molar-refractivity contribution in [3.63, 3.8) is 0 Å². The summed E-state index contributed by atoms with van der Waals surface area (Å²) in [6.45, 7) is 6.27. The van der Waals surface area contributed by atoms with E-state index in [0.29, 0.717) is 17.4 Å². The summed E-state index contributed by atoms with van der Waals surface area (Å²) in [5, 5.41) is 7.54. The first-order valence-electron chi connectivity index (χ1n) is 6.57. The minimum atomic E-state index is -0.0988. The lowest BCUT2D eigenvalue weighted by molar-refractivity contribution is 0.474. The Kier molecular flexibility index (Phi) is 4.03. The fraction of sp³-hybridized carbons (Fsp3) is 0.250. The lowest BCUT2D eigenvalue weighted by Crippen LogP contribution is -2.14. The summed E-state index contributed by atoms with van der Waals surface area (Å²) in [6.07, 6.45) is 1.60. The van der Waals surface area contributed by atoms with Crippen molar-refractivity contribution in [1.82, 2.24) is 4.98 Å². The maximum absolute atomic E-state index is 7.54. The molecule has 0 bridgehead atoms. The zero-order chi connectivity index (χ0) is 14.7. The number of pyridine rings is 1. The molecule has 0 amide bonds. The van der Waals surface area contributed by atoms with E-state index in [1.54, 1.807) is 18.3 Å². The number of nitrogens with zero attached hydrogens (tertiary/aromatic N) is 1. The first kappa shape index (κ1) is 14.1. The van der Waals surface area contributed by atoms with Gasteiger partial charge in [-0.25, -0.2) is 4.98 Å². The van der Waals surface area contributed by atoms with E-state index in [4.69, 9.17) is 15.9 Å². The normalized spacial score (nSPS) is 10.6. The van der Waals surface area contributed by atoms with Crippen LogP contribution in [0.1, 0.15) is 36.6 Å². The lowest BCUT2D eigenvalue weighted by Gasteiger charge is -2.14. The molecule has 2 rings (SSSR count). The average molecular weight is 269 g/mol. The molecule has 2 aromatic rings. The van der Waals surface area contributed by atoms with Crippen LogP contribution in [-0.4, -0.2) is 10.8 Å². The van der Waals surface area contributed by atoms with E-state index >= 15 is 0 Å². The number of rotatable bonds is 4. The summed E-state index contributed by atoms with van der Waals surface area (Å²) < 4.78 is 5.91. The third-order valence-electron chi connectivity index (χ3n) is 3.12. The minimum absolute atomic E-state index is 0.0988. The van der Waals surface area contributed by atoms with Gasteiger partial charge in [0, 0.05) is 6.20 Å². The van der Waals surface area contributed by atoms with E-state index in [0.717, 1.165) is 11.3 Å². The maximum Gasteiger partial charge on any atom is 0.156 e. The molecule has 0 fully saturated rings. The highest BCUT2D eigenvalue weighted by molar-refractivity contribution is 5.95. The van der Waals surface area contributed by atoms with Crippen LogP contribution in [-0.2, 0) is 0 Å².